The third kappa shape index (κ3) is 3.25. The summed E-state index contributed by atoms with van der Waals surface area (Å²) in [5, 5.41) is 9.61. The molecule has 1 rings (SSSR count). The molecule has 1 fully saturated rings. The lowest BCUT2D eigenvalue weighted by atomic mass is 9.88. The van der Waals surface area contributed by atoms with E-state index in [0.29, 0.717) is 0 Å². The zero-order valence-corrected chi connectivity index (χ0v) is 9.75. The van der Waals surface area contributed by atoms with Gasteiger partial charge in [0, 0.05) is 5.41 Å². The number of ether oxygens (including phenoxy) is 1. The summed E-state index contributed by atoms with van der Waals surface area (Å²) in [5.41, 5.74) is -0.0462. The second-order valence-corrected chi connectivity index (χ2v) is 5.15. The fourth-order valence-electron chi connectivity index (χ4n) is 2.07. The van der Waals surface area contributed by atoms with Gasteiger partial charge in [0.2, 0.25) is 0 Å². The van der Waals surface area contributed by atoms with Crippen molar-refractivity contribution in [2.75, 3.05) is 0 Å². The van der Waals surface area contributed by atoms with Crippen molar-refractivity contribution < 1.29 is 9.84 Å². The lowest BCUT2D eigenvalue weighted by Crippen LogP contribution is -2.23. The Labute approximate surface area is 87.7 Å². The predicted molar refractivity (Wildman–Crippen MR) is 58.0 cm³/mol. The van der Waals surface area contributed by atoms with E-state index in [4.69, 9.17) is 4.74 Å². The third-order valence-corrected chi connectivity index (χ3v) is 3.12. The first-order chi connectivity index (χ1) is 6.56. The molecule has 84 valence electrons. The highest BCUT2D eigenvalue weighted by Gasteiger charge is 2.39. The van der Waals surface area contributed by atoms with Crippen molar-refractivity contribution in [1.29, 1.82) is 0 Å². The molecule has 2 nitrogen and oxygen atoms in total. The Kier molecular flexibility index (Phi) is 4.39. The molecule has 1 aliphatic heterocycles. The maximum Gasteiger partial charge on any atom is 0.160 e. The first-order valence-electron chi connectivity index (χ1n) is 5.90. The zero-order valence-electron chi connectivity index (χ0n) is 9.75. The minimum atomic E-state index is -0.557. The molecular weight excluding hydrogens is 176 g/mol. The van der Waals surface area contributed by atoms with Crippen molar-refractivity contribution in [1.82, 2.24) is 0 Å². The molecule has 0 aromatic rings. The zero-order chi connectivity index (χ0) is 10.6. The van der Waals surface area contributed by atoms with E-state index < -0.39 is 6.29 Å². The van der Waals surface area contributed by atoms with Gasteiger partial charge >= 0.3 is 0 Å². The molecule has 2 atom stereocenters. The van der Waals surface area contributed by atoms with Gasteiger partial charge in [-0.3, -0.25) is 0 Å². The summed E-state index contributed by atoms with van der Waals surface area (Å²) in [6.45, 7) is 6.37. The second kappa shape index (κ2) is 5.13. The number of rotatable bonds is 5. The van der Waals surface area contributed by atoms with Gasteiger partial charge in [-0.15, -0.1) is 0 Å². The predicted octanol–water partition coefficient (Wildman–Crippen LogP) is 3.09. The van der Waals surface area contributed by atoms with E-state index in [0.717, 1.165) is 12.8 Å². The van der Waals surface area contributed by atoms with Gasteiger partial charge in [-0.25, -0.2) is 0 Å². The van der Waals surface area contributed by atoms with Gasteiger partial charge in [-0.1, -0.05) is 46.5 Å². The normalized spacial score (nSPS) is 30.9. The number of hydrogen-bond acceptors (Lipinski definition) is 2. The van der Waals surface area contributed by atoms with Crippen LogP contribution in [-0.2, 0) is 4.74 Å². The Bertz CT molecular complexity index is 166. The van der Waals surface area contributed by atoms with E-state index in [1.165, 1.54) is 25.7 Å². The highest BCUT2D eigenvalue weighted by atomic mass is 16.6. The smallest absolute Gasteiger partial charge is 0.160 e. The molecule has 14 heavy (non-hydrogen) atoms. The highest BCUT2D eigenvalue weighted by molar-refractivity contribution is 4.83. The summed E-state index contributed by atoms with van der Waals surface area (Å²) in [7, 11) is 0. The molecule has 0 aliphatic carbocycles. The highest BCUT2D eigenvalue weighted by Crippen LogP contribution is 2.38. The Balaban J connectivity index is 2.16. The van der Waals surface area contributed by atoms with Crippen LogP contribution < -0.4 is 0 Å². The third-order valence-electron chi connectivity index (χ3n) is 3.12. The van der Waals surface area contributed by atoms with Gasteiger partial charge in [0.05, 0.1) is 6.10 Å². The van der Waals surface area contributed by atoms with Gasteiger partial charge in [0.25, 0.3) is 0 Å². The SMILES string of the molecule is CCCCCCC1CC(C)(C)C(O)O1. The Morgan fingerprint density at radius 2 is 2.00 bits per heavy atom. The van der Waals surface area contributed by atoms with E-state index in [1.807, 2.05) is 0 Å². The first-order valence-corrected chi connectivity index (χ1v) is 5.90. The van der Waals surface area contributed by atoms with Crippen LogP contribution in [0.4, 0.5) is 0 Å². The van der Waals surface area contributed by atoms with Crippen LogP contribution in [0.15, 0.2) is 0 Å². The van der Waals surface area contributed by atoms with Gasteiger partial charge in [0.15, 0.2) is 6.29 Å². The Morgan fingerprint density at radius 3 is 2.50 bits per heavy atom. The first kappa shape index (κ1) is 12.0. The molecule has 1 aliphatic rings. The minimum Gasteiger partial charge on any atom is -0.367 e. The second-order valence-electron chi connectivity index (χ2n) is 5.15. The molecule has 0 saturated carbocycles. The fourth-order valence-corrected chi connectivity index (χ4v) is 2.07. The Hall–Kier alpha value is -0.0800. The number of aliphatic hydroxyl groups is 1. The van der Waals surface area contributed by atoms with Gasteiger partial charge < -0.3 is 9.84 Å². The lowest BCUT2D eigenvalue weighted by molar-refractivity contribution is -0.128. The quantitative estimate of drug-likeness (QED) is 0.691. The fraction of sp³-hybridized carbons (Fsp3) is 1.00. The van der Waals surface area contributed by atoms with Crippen molar-refractivity contribution in [2.45, 2.75) is 71.7 Å². The van der Waals surface area contributed by atoms with Gasteiger partial charge in [-0.05, 0) is 12.8 Å². The number of aliphatic hydroxyl groups excluding tert-OH is 1. The maximum absolute atomic E-state index is 9.61. The van der Waals surface area contributed by atoms with E-state index >= 15 is 0 Å². The molecule has 0 bridgehead atoms. The van der Waals surface area contributed by atoms with Crippen molar-refractivity contribution in [3.05, 3.63) is 0 Å². The van der Waals surface area contributed by atoms with E-state index in [9.17, 15) is 5.11 Å². The Morgan fingerprint density at radius 1 is 1.29 bits per heavy atom. The molecular formula is C12H24O2. The number of hydrogen-bond donors (Lipinski definition) is 1. The lowest BCUT2D eigenvalue weighted by Gasteiger charge is -2.18. The average Bonchev–Trinajstić information content (AvgIpc) is 2.35. The van der Waals surface area contributed by atoms with E-state index in [-0.39, 0.29) is 11.5 Å². The summed E-state index contributed by atoms with van der Waals surface area (Å²) in [6, 6.07) is 0. The average molecular weight is 200 g/mol. The van der Waals surface area contributed by atoms with Crippen LogP contribution in [0.1, 0.15) is 59.3 Å². The van der Waals surface area contributed by atoms with Crippen molar-refractivity contribution in [2.24, 2.45) is 5.41 Å². The van der Waals surface area contributed by atoms with E-state index in [2.05, 4.69) is 20.8 Å². The largest absolute Gasteiger partial charge is 0.367 e. The molecule has 0 aromatic heterocycles. The van der Waals surface area contributed by atoms with Crippen molar-refractivity contribution in [3.8, 4) is 0 Å². The van der Waals surface area contributed by atoms with E-state index in [1.54, 1.807) is 0 Å². The van der Waals surface area contributed by atoms with Crippen LogP contribution in [0.2, 0.25) is 0 Å². The standard InChI is InChI=1S/C12H24O2/c1-4-5-6-7-8-10-9-12(2,3)11(13)14-10/h10-11,13H,4-9H2,1-3H3. The van der Waals surface area contributed by atoms with Gasteiger partial charge in [0.1, 0.15) is 0 Å². The monoisotopic (exact) mass is 200 g/mol. The van der Waals surface area contributed by atoms with Crippen LogP contribution in [0.25, 0.3) is 0 Å². The molecule has 0 spiro atoms. The molecule has 1 saturated heterocycles. The molecule has 0 aromatic carbocycles. The molecule has 1 heterocycles. The van der Waals surface area contributed by atoms with Crippen LogP contribution >= 0.6 is 0 Å². The molecule has 1 N–H and O–H groups in total. The van der Waals surface area contributed by atoms with Crippen LogP contribution in [0, 0.1) is 5.41 Å². The molecule has 0 radical (unpaired) electrons. The summed E-state index contributed by atoms with van der Waals surface area (Å²) >= 11 is 0. The van der Waals surface area contributed by atoms with Crippen molar-refractivity contribution >= 4 is 0 Å². The summed E-state index contributed by atoms with van der Waals surface area (Å²) in [6.07, 6.45) is 6.98. The summed E-state index contributed by atoms with van der Waals surface area (Å²) in [5.74, 6) is 0. The maximum atomic E-state index is 9.61. The summed E-state index contributed by atoms with van der Waals surface area (Å²) in [4.78, 5) is 0. The number of unbranched alkanes of at least 4 members (excludes halogenated alkanes) is 3. The van der Waals surface area contributed by atoms with Crippen LogP contribution in [-0.4, -0.2) is 17.5 Å². The van der Waals surface area contributed by atoms with Crippen LogP contribution in [0.3, 0.4) is 0 Å². The van der Waals surface area contributed by atoms with Crippen LogP contribution in [0.5, 0.6) is 0 Å². The van der Waals surface area contributed by atoms with Crippen molar-refractivity contribution in [3.63, 3.8) is 0 Å². The molecule has 0 amide bonds. The summed E-state index contributed by atoms with van der Waals surface area (Å²) < 4.78 is 5.51. The molecule has 2 heteroatoms. The topological polar surface area (TPSA) is 29.5 Å². The van der Waals surface area contributed by atoms with Gasteiger partial charge in [-0.2, -0.15) is 0 Å². The molecule has 2 unspecified atom stereocenters. The minimum absolute atomic E-state index is 0.0462.